The predicted molar refractivity (Wildman–Crippen MR) is 97.7 cm³/mol. The lowest BCUT2D eigenvalue weighted by Crippen LogP contribution is -2.26. The van der Waals surface area contributed by atoms with Crippen LogP contribution >= 0.6 is 23.2 Å². The van der Waals surface area contributed by atoms with Crippen molar-refractivity contribution < 1.29 is 9.59 Å². The van der Waals surface area contributed by atoms with Crippen molar-refractivity contribution in [2.45, 2.75) is 26.3 Å². The van der Waals surface area contributed by atoms with Crippen LogP contribution in [0.3, 0.4) is 0 Å². The molecule has 1 atom stereocenters. The molecule has 0 aromatic heterocycles. The number of hydrogen-bond acceptors (Lipinski definition) is 2. The maximum Gasteiger partial charge on any atom is 0.251 e. The second-order valence-corrected chi connectivity index (χ2v) is 6.25. The van der Waals surface area contributed by atoms with Gasteiger partial charge < -0.3 is 10.6 Å². The highest BCUT2D eigenvalue weighted by molar-refractivity contribution is 6.35. The van der Waals surface area contributed by atoms with E-state index in [1.54, 1.807) is 25.1 Å². The molecule has 2 amide bonds. The van der Waals surface area contributed by atoms with Gasteiger partial charge in [-0.3, -0.25) is 9.59 Å². The maximum absolute atomic E-state index is 12.3. The number of hydrogen-bond donors (Lipinski definition) is 2. The first kappa shape index (κ1) is 18.3. The maximum atomic E-state index is 12.3. The fourth-order valence-electron chi connectivity index (χ4n) is 2.15. The van der Waals surface area contributed by atoms with E-state index in [4.69, 9.17) is 23.2 Å². The van der Waals surface area contributed by atoms with Crippen LogP contribution in [0.15, 0.2) is 42.5 Å². The molecule has 1 unspecified atom stereocenters. The van der Waals surface area contributed by atoms with Crippen LogP contribution in [0.2, 0.25) is 10.0 Å². The second kappa shape index (κ2) is 8.18. The van der Waals surface area contributed by atoms with Crippen molar-refractivity contribution in [2.75, 3.05) is 5.32 Å². The summed E-state index contributed by atoms with van der Waals surface area (Å²) in [4.78, 5) is 23.7. The molecule has 0 fully saturated rings. The molecule has 0 heterocycles. The van der Waals surface area contributed by atoms with Gasteiger partial charge in [0.1, 0.15) is 0 Å². The first-order valence-corrected chi connectivity index (χ1v) is 8.31. The lowest BCUT2D eigenvalue weighted by Gasteiger charge is -2.15. The van der Waals surface area contributed by atoms with Crippen molar-refractivity contribution in [3.8, 4) is 0 Å². The van der Waals surface area contributed by atoms with E-state index >= 15 is 0 Å². The van der Waals surface area contributed by atoms with Crippen LogP contribution in [-0.2, 0) is 4.79 Å². The van der Waals surface area contributed by atoms with Crippen molar-refractivity contribution in [3.63, 3.8) is 0 Å². The normalized spacial score (nSPS) is 11.7. The summed E-state index contributed by atoms with van der Waals surface area (Å²) in [5.74, 6) is -0.294. The Morgan fingerprint density at radius 1 is 1.04 bits per heavy atom. The van der Waals surface area contributed by atoms with Crippen LogP contribution in [0.4, 0.5) is 5.69 Å². The molecule has 2 aromatic carbocycles. The van der Waals surface area contributed by atoms with Gasteiger partial charge in [-0.15, -0.1) is 0 Å². The van der Waals surface area contributed by atoms with E-state index in [1.165, 1.54) is 0 Å². The molecule has 0 aliphatic carbocycles. The molecule has 0 spiro atoms. The van der Waals surface area contributed by atoms with Gasteiger partial charge in [0.05, 0.1) is 6.04 Å². The van der Waals surface area contributed by atoms with E-state index in [0.29, 0.717) is 22.0 Å². The molecule has 4 nitrogen and oxygen atoms in total. The quantitative estimate of drug-likeness (QED) is 0.797. The summed E-state index contributed by atoms with van der Waals surface area (Å²) < 4.78 is 0. The molecule has 0 radical (unpaired) electrons. The standard InChI is InChI=1S/C18H18Cl2N2O2/c1-3-17(23)22-16-6-4-12(5-7-16)11(2)21-18(24)13-8-14(19)10-15(20)9-13/h4-11H,3H2,1-2H3,(H,21,24)(H,22,23). The number of rotatable bonds is 5. The van der Waals surface area contributed by atoms with Gasteiger partial charge in [0.25, 0.3) is 5.91 Å². The Labute approximate surface area is 151 Å². The molecule has 6 heteroatoms. The van der Waals surface area contributed by atoms with Gasteiger partial charge in [-0.1, -0.05) is 42.3 Å². The highest BCUT2D eigenvalue weighted by atomic mass is 35.5. The smallest absolute Gasteiger partial charge is 0.251 e. The van der Waals surface area contributed by atoms with Gasteiger partial charge in [-0.05, 0) is 42.8 Å². The summed E-state index contributed by atoms with van der Waals surface area (Å²) >= 11 is 11.8. The van der Waals surface area contributed by atoms with E-state index in [1.807, 2.05) is 31.2 Å². The van der Waals surface area contributed by atoms with Crippen molar-refractivity contribution in [2.24, 2.45) is 0 Å². The third kappa shape index (κ3) is 4.98. The summed E-state index contributed by atoms with van der Waals surface area (Å²) in [6.07, 6.45) is 0.427. The van der Waals surface area contributed by atoms with E-state index in [9.17, 15) is 9.59 Å². The summed E-state index contributed by atoms with van der Waals surface area (Å²) in [5, 5.41) is 6.50. The van der Waals surface area contributed by atoms with Crippen molar-refractivity contribution in [3.05, 3.63) is 63.6 Å². The number of benzene rings is 2. The summed E-state index contributed by atoms with van der Waals surface area (Å²) in [6.45, 7) is 3.67. The van der Waals surface area contributed by atoms with E-state index in [0.717, 1.165) is 11.3 Å². The minimum atomic E-state index is -0.254. The van der Waals surface area contributed by atoms with E-state index < -0.39 is 0 Å². The number of halogens is 2. The van der Waals surface area contributed by atoms with Crippen molar-refractivity contribution >= 4 is 40.7 Å². The highest BCUT2D eigenvalue weighted by Crippen LogP contribution is 2.21. The number of carbonyl (C=O) groups is 2. The van der Waals surface area contributed by atoms with E-state index in [2.05, 4.69) is 10.6 Å². The van der Waals surface area contributed by atoms with Gasteiger partial charge in [0.2, 0.25) is 5.91 Å². The third-order valence-corrected chi connectivity index (χ3v) is 3.92. The lowest BCUT2D eigenvalue weighted by molar-refractivity contribution is -0.115. The molecular weight excluding hydrogens is 347 g/mol. The van der Waals surface area contributed by atoms with Crippen molar-refractivity contribution in [1.29, 1.82) is 0 Å². The Kier molecular flexibility index (Phi) is 6.23. The first-order valence-electron chi connectivity index (χ1n) is 7.55. The molecule has 0 saturated carbocycles. The van der Waals surface area contributed by atoms with Gasteiger partial charge in [0.15, 0.2) is 0 Å². The zero-order valence-corrected chi connectivity index (χ0v) is 14.9. The van der Waals surface area contributed by atoms with Crippen LogP contribution in [0.5, 0.6) is 0 Å². The minimum absolute atomic E-state index is 0.0399. The largest absolute Gasteiger partial charge is 0.346 e. The molecule has 24 heavy (non-hydrogen) atoms. The molecule has 2 rings (SSSR count). The van der Waals surface area contributed by atoms with Crippen LogP contribution in [0.1, 0.15) is 42.2 Å². The van der Waals surface area contributed by atoms with Gasteiger partial charge in [0, 0.05) is 27.7 Å². The number of amides is 2. The Balaban J connectivity index is 2.04. The SMILES string of the molecule is CCC(=O)Nc1ccc(C(C)NC(=O)c2cc(Cl)cc(Cl)c2)cc1. The molecular formula is C18H18Cl2N2O2. The summed E-state index contributed by atoms with van der Waals surface area (Å²) in [6, 6.07) is 11.8. The minimum Gasteiger partial charge on any atom is -0.346 e. The lowest BCUT2D eigenvalue weighted by atomic mass is 10.1. The molecule has 126 valence electrons. The third-order valence-electron chi connectivity index (χ3n) is 3.49. The molecule has 2 N–H and O–H groups in total. The molecule has 0 bridgehead atoms. The molecule has 0 aliphatic rings. The van der Waals surface area contributed by atoms with E-state index in [-0.39, 0.29) is 17.9 Å². The van der Waals surface area contributed by atoms with Crippen LogP contribution in [0.25, 0.3) is 0 Å². The van der Waals surface area contributed by atoms with Gasteiger partial charge >= 0.3 is 0 Å². The fourth-order valence-corrected chi connectivity index (χ4v) is 2.68. The molecule has 2 aromatic rings. The topological polar surface area (TPSA) is 58.2 Å². The first-order chi connectivity index (χ1) is 11.4. The summed E-state index contributed by atoms with van der Waals surface area (Å²) in [5.41, 5.74) is 2.06. The highest BCUT2D eigenvalue weighted by Gasteiger charge is 2.13. The summed E-state index contributed by atoms with van der Waals surface area (Å²) in [7, 11) is 0. The zero-order chi connectivity index (χ0) is 17.7. The Hall–Kier alpha value is -2.04. The average Bonchev–Trinajstić information content (AvgIpc) is 2.54. The second-order valence-electron chi connectivity index (χ2n) is 5.38. The van der Waals surface area contributed by atoms with Gasteiger partial charge in [-0.25, -0.2) is 0 Å². The number of anilines is 1. The van der Waals surface area contributed by atoms with Crippen LogP contribution in [0, 0.1) is 0 Å². The number of nitrogens with one attached hydrogen (secondary N) is 2. The zero-order valence-electron chi connectivity index (χ0n) is 13.4. The van der Waals surface area contributed by atoms with Crippen molar-refractivity contribution in [1.82, 2.24) is 5.32 Å². The fraction of sp³-hybridized carbons (Fsp3) is 0.222. The molecule has 0 aliphatic heterocycles. The Morgan fingerprint density at radius 2 is 1.62 bits per heavy atom. The van der Waals surface area contributed by atoms with Crippen LogP contribution in [-0.4, -0.2) is 11.8 Å². The number of carbonyl (C=O) groups excluding carboxylic acids is 2. The molecule has 0 saturated heterocycles. The Morgan fingerprint density at radius 3 is 2.17 bits per heavy atom. The predicted octanol–water partition coefficient (Wildman–Crippen LogP) is 4.83. The monoisotopic (exact) mass is 364 g/mol. The average molecular weight is 365 g/mol. The van der Waals surface area contributed by atoms with Gasteiger partial charge in [-0.2, -0.15) is 0 Å². The Bertz CT molecular complexity index is 725. The van der Waals surface area contributed by atoms with Crippen LogP contribution < -0.4 is 10.6 Å².